The highest BCUT2D eigenvalue weighted by molar-refractivity contribution is 5.98. The topological polar surface area (TPSA) is 99.3 Å². The Morgan fingerprint density at radius 3 is 2.12 bits per heavy atom. The molecule has 2 rings (SSSR count). The van der Waals surface area contributed by atoms with Crippen molar-refractivity contribution < 1.29 is 14.4 Å². The zero-order valence-electron chi connectivity index (χ0n) is 19.4. The van der Waals surface area contributed by atoms with Gasteiger partial charge in [-0.05, 0) is 63.6 Å². The summed E-state index contributed by atoms with van der Waals surface area (Å²) in [6.07, 6.45) is 3.48. The number of anilines is 3. The lowest BCUT2D eigenvalue weighted by atomic mass is 10.1. The second-order valence-corrected chi connectivity index (χ2v) is 8.77. The zero-order valence-corrected chi connectivity index (χ0v) is 19.4. The second-order valence-electron chi connectivity index (χ2n) is 8.77. The van der Waals surface area contributed by atoms with Crippen LogP contribution in [-0.2, 0) is 9.59 Å². The normalized spacial score (nSPS) is 10.9. The quantitative estimate of drug-likeness (QED) is 0.401. The van der Waals surface area contributed by atoms with Gasteiger partial charge in [0.05, 0.1) is 6.54 Å². The first-order valence-electron chi connectivity index (χ1n) is 11.0. The number of nitrogens with one attached hydrogen (secondary N) is 4. The van der Waals surface area contributed by atoms with E-state index in [1.54, 1.807) is 30.3 Å². The van der Waals surface area contributed by atoms with E-state index in [9.17, 15) is 14.4 Å². The summed E-state index contributed by atoms with van der Waals surface area (Å²) in [5, 5.41) is 11.6. The van der Waals surface area contributed by atoms with E-state index >= 15 is 0 Å². The molecule has 172 valence electrons. The second kappa shape index (κ2) is 11.9. The Bertz CT molecular complexity index is 935. The van der Waals surface area contributed by atoms with Gasteiger partial charge in [0, 0.05) is 34.6 Å². The van der Waals surface area contributed by atoms with Gasteiger partial charge in [-0.15, -0.1) is 0 Å². The van der Waals surface area contributed by atoms with Gasteiger partial charge in [0.1, 0.15) is 0 Å². The molecule has 0 atom stereocenters. The van der Waals surface area contributed by atoms with Crippen LogP contribution < -0.4 is 21.3 Å². The summed E-state index contributed by atoms with van der Waals surface area (Å²) in [6, 6.07) is 14.1. The Kier molecular flexibility index (Phi) is 9.25. The highest BCUT2D eigenvalue weighted by atomic mass is 16.2. The lowest BCUT2D eigenvalue weighted by Crippen LogP contribution is -2.40. The van der Waals surface area contributed by atoms with Crippen LogP contribution in [0.1, 0.15) is 63.7 Å². The van der Waals surface area contributed by atoms with Crippen LogP contribution in [0.3, 0.4) is 0 Å². The van der Waals surface area contributed by atoms with E-state index in [2.05, 4.69) is 28.2 Å². The van der Waals surface area contributed by atoms with Crippen LogP contribution >= 0.6 is 0 Å². The van der Waals surface area contributed by atoms with Gasteiger partial charge < -0.3 is 21.3 Å². The molecule has 0 saturated carbocycles. The first kappa shape index (κ1) is 24.9. The Morgan fingerprint density at radius 1 is 0.812 bits per heavy atom. The first-order chi connectivity index (χ1) is 15.2. The van der Waals surface area contributed by atoms with E-state index in [0.717, 1.165) is 24.9 Å². The van der Waals surface area contributed by atoms with Crippen molar-refractivity contribution in [2.45, 2.75) is 58.9 Å². The summed E-state index contributed by atoms with van der Waals surface area (Å²) in [7, 11) is 0. The van der Waals surface area contributed by atoms with Gasteiger partial charge >= 0.3 is 0 Å². The Morgan fingerprint density at radius 2 is 1.44 bits per heavy atom. The van der Waals surface area contributed by atoms with Crippen LogP contribution in [0, 0.1) is 0 Å². The van der Waals surface area contributed by atoms with Crippen molar-refractivity contribution in [3.63, 3.8) is 0 Å². The summed E-state index contributed by atoms with van der Waals surface area (Å²) in [4.78, 5) is 36.7. The number of unbranched alkanes of at least 4 members (excludes halogenated alkanes) is 2. The van der Waals surface area contributed by atoms with Crippen LogP contribution in [0.15, 0.2) is 48.5 Å². The van der Waals surface area contributed by atoms with Crippen molar-refractivity contribution in [1.29, 1.82) is 0 Å². The van der Waals surface area contributed by atoms with E-state index in [-0.39, 0.29) is 29.8 Å². The van der Waals surface area contributed by atoms with Crippen molar-refractivity contribution in [2.75, 3.05) is 22.5 Å². The molecule has 7 nitrogen and oxygen atoms in total. The number of carbonyl (C=O) groups is 3. The number of rotatable bonds is 10. The minimum absolute atomic E-state index is 0.0104. The Balaban J connectivity index is 1.87. The molecule has 0 saturated heterocycles. The highest BCUT2D eigenvalue weighted by Gasteiger charge is 2.15. The summed E-state index contributed by atoms with van der Waals surface area (Å²) >= 11 is 0. The van der Waals surface area contributed by atoms with Crippen LogP contribution in [0.2, 0.25) is 0 Å². The van der Waals surface area contributed by atoms with Crippen LogP contribution in [0.4, 0.5) is 17.1 Å². The lowest BCUT2D eigenvalue weighted by Gasteiger charge is -2.20. The number of amides is 3. The maximum atomic E-state index is 12.4. The third-order valence-corrected chi connectivity index (χ3v) is 4.50. The molecule has 0 bridgehead atoms. The molecule has 4 N–H and O–H groups in total. The average Bonchev–Trinajstić information content (AvgIpc) is 2.72. The van der Waals surface area contributed by atoms with Crippen molar-refractivity contribution >= 4 is 34.8 Å². The van der Waals surface area contributed by atoms with Crippen LogP contribution in [0.25, 0.3) is 0 Å². The predicted octanol–water partition coefficient (Wildman–Crippen LogP) is 4.78. The molecule has 0 aromatic heterocycles. The molecule has 0 unspecified atom stereocenters. The molecule has 7 heteroatoms. The predicted molar refractivity (Wildman–Crippen MR) is 130 cm³/mol. The first-order valence-corrected chi connectivity index (χ1v) is 11.0. The minimum Gasteiger partial charge on any atom is -0.376 e. The summed E-state index contributed by atoms with van der Waals surface area (Å²) in [6.45, 7) is 7.88. The number of benzene rings is 2. The molecular weight excluding hydrogens is 404 g/mol. The molecule has 2 aromatic rings. The van der Waals surface area contributed by atoms with Gasteiger partial charge in [-0.25, -0.2) is 0 Å². The fourth-order valence-electron chi connectivity index (χ4n) is 3.00. The standard InChI is InChI=1S/C25H34N4O3/c1-5-6-7-14-22(30)27-21-13-9-11-19(16-21)26-17-23(31)28-20-12-8-10-18(15-20)24(32)29-25(2,3)4/h8-13,15-16,26H,5-7,14,17H2,1-4H3,(H,27,30)(H,28,31)(H,29,32). The van der Waals surface area contributed by atoms with Gasteiger partial charge in [-0.2, -0.15) is 0 Å². The lowest BCUT2D eigenvalue weighted by molar-refractivity contribution is -0.116. The van der Waals surface area contributed by atoms with Crippen molar-refractivity contribution in [3.8, 4) is 0 Å². The molecular formula is C25H34N4O3. The monoisotopic (exact) mass is 438 g/mol. The molecule has 0 aliphatic heterocycles. The van der Waals surface area contributed by atoms with Gasteiger partial charge in [0.15, 0.2) is 0 Å². The van der Waals surface area contributed by atoms with Crippen LogP contribution in [-0.4, -0.2) is 29.8 Å². The van der Waals surface area contributed by atoms with Crippen LogP contribution in [0.5, 0.6) is 0 Å². The molecule has 0 heterocycles. The number of carbonyl (C=O) groups excluding carboxylic acids is 3. The minimum atomic E-state index is -0.343. The fraction of sp³-hybridized carbons (Fsp3) is 0.400. The van der Waals surface area contributed by atoms with E-state index in [1.165, 1.54) is 0 Å². The average molecular weight is 439 g/mol. The molecule has 0 radical (unpaired) electrons. The van der Waals surface area contributed by atoms with E-state index in [4.69, 9.17) is 0 Å². The van der Waals surface area contributed by atoms with Gasteiger partial charge in [0.25, 0.3) is 5.91 Å². The smallest absolute Gasteiger partial charge is 0.251 e. The summed E-state index contributed by atoms with van der Waals surface area (Å²) < 4.78 is 0. The van der Waals surface area contributed by atoms with E-state index < -0.39 is 0 Å². The maximum Gasteiger partial charge on any atom is 0.251 e. The number of hydrogen-bond donors (Lipinski definition) is 4. The number of hydrogen-bond acceptors (Lipinski definition) is 4. The largest absolute Gasteiger partial charge is 0.376 e. The molecule has 0 aliphatic carbocycles. The Labute approximate surface area is 190 Å². The van der Waals surface area contributed by atoms with Crippen molar-refractivity contribution in [2.24, 2.45) is 0 Å². The zero-order chi connectivity index (χ0) is 23.6. The van der Waals surface area contributed by atoms with Gasteiger partial charge in [-0.1, -0.05) is 31.9 Å². The molecule has 3 amide bonds. The third kappa shape index (κ3) is 9.20. The molecule has 2 aromatic carbocycles. The highest BCUT2D eigenvalue weighted by Crippen LogP contribution is 2.16. The third-order valence-electron chi connectivity index (χ3n) is 4.50. The van der Waals surface area contributed by atoms with Crippen molar-refractivity contribution in [1.82, 2.24) is 5.32 Å². The molecule has 0 aliphatic rings. The molecule has 0 fully saturated rings. The van der Waals surface area contributed by atoms with Gasteiger partial charge in [-0.3, -0.25) is 14.4 Å². The SMILES string of the molecule is CCCCCC(=O)Nc1cccc(NCC(=O)Nc2cccc(C(=O)NC(C)(C)C)c2)c1. The molecule has 32 heavy (non-hydrogen) atoms. The van der Waals surface area contributed by atoms with E-state index in [0.29, 0.717) is 23.4 Å². The summed E-state index contributed by atoms with van der Waals surface area (Å²) in [5.41, 5.74) is 2.10. The maximum absolute atomic E-state index is 12.4. The summed E-state index contributed by atoms with van der Waals surface area (Å²) in [5.74, 6) is -0.448. The fourth-order valence-corrected chi connectivity index (χ4v) is 3.00. The Hall–Kier alpha value is -3.35. The van der Waals surface area contributed by atoms with Gasteiger partial charge in [0.2, 0.25) is 11.8 Å². The van der Waals surface area contributed by atoms with Crippen molar-refractivity contribution in [3.05, 3.63) is 54.1 Å². The van der Waals surface area contributed by atoms with E-state index in [1.807, 2.05) is 39.0 Å². The molecule has 0 spiro atoms.